The Bertz CT molecular complexity index is 1300. The third-order valence-electron chi connectivity index (χ3n) is 6.29. The number of β-amino-alcohol motifs (C(OH)–C–C–N with tert-alkyl or cyclic N) is 1. The fraction of sp³-hybridized carbons (Fsp3) is 0.565. The van der Waals surface area contributed by atoms with E-state index in [9.17, 15) is 31.4 Å². The zero-order valence-electron chi connectivity index (χ0n) is 21.8. The van der Waals surface area contributed by atoms with Crippen LogP contribution < -0.4 is 4.90 Å². The van der Waals surface area contributed by atoms with Crippen LogP contribution in [0.5, 0.6) is 0 Å². The van der Waals surface area contributed by atoms with Crippen LogP contribution in [0.1, 0.15) is 25.0 Å². The summed E-state index contributed by atoms with van der Waals surface area (Å²) >= 11 is 1.72. The van der Waals surface area contributed by atoms with E-state index in [1.54, 1.807) is 17.7 Å². The summed E-state index contributed by atoms with van der Waals surface area (Å²) in [4.78, 5) is 31.3. The number of aliphatic hydroxyl groups excluding tert-OH is 1. The average Bonchev–Trinajstić information content (AvgIpc) is 3.66. The smallest absolute Gasteiger partial charge is 0.475 e. The minimum absolute atomic E-state index is 0.189. The van der Waals surface area contributed by atoms with Crippen LogP contribution in [0.4, 0.5) is 32.2 Å². The number of hydrogen-bond donors (Lipinski definition) is 3. The molecule has 5 rings (SSSR count). The topological polar surface area (TPSA) is 158 Å². The Morgan fingerprint density at radius 2 is 1.60 bits per heavy atom. The van der Waals surface area contributed by atoms with Gasteiger partial charge in [-0.15, -0.1) is 16.4 Å². The number of carboxylic acids is 2. The molecular formula is C23H27F6N7O5S. The first-order chi connectivity index (χ1) is 19.6. The highest BCUT2D eigenvalue weighted by Crippen LogP contribution is 2.31. The molecule has 3 aromatic heterocycles. The van der Waals surface area contributed by atoms with Crippen molar-refractivity contribution in [2.75, 3.05) is 31.1 Å². The van der Waals surface area contributed by atoms with Crippen molar-refractivity contribution in [3.05, 3.63) is 29.7 Å². The molecule has 0 unspecified atom stereocenters. The molecule has 0 amide bonds. The van der Waals surface area contributed by atoms with Crippen LogP contribution in [-0.4, -0.2) is 102 Å². The summed E-state index contributed by atoms with van der Waals surface area (Å²) in [6.07, 6.45) is -3.50. The summed E-state index contributed by atoms with van der Waals surface area (Å²) in [6, 6.07) is 2.06. The molecule has 0 bridgehead atoms. The average molecular weight is 628 g/mol. The van der Waals surface area contributed by atoms with E-state index < -0.39 is 24.3 Å². The zero-order valence-corrected chi connectivity index (χ0v) is 22.6. The van der Waals surface area contributed by atoms with Crippen molar-refractivity contribution in [3.63, 3.8) is 0 Å². The summed E-state index contributed by atoms with van der Waals surface area (Å²) in [5.74, 6) is -3.82. The first-order valence-corrected chi connectivity index (χ1v) is 13.3. The number of aliphatic hydroxyl groups is 1. The van der Waals surface area contributed by atoms with Crippen LogP contribution in [0.25, 0.3) is 10.2 Å². The highest BCUT2D eigenvalue weighted by molar-refractivity contribution is 7.17. The number of carbonyl (C=O) groups is 2. The maximum atomic E-state index is 10.6. The molecule has 0 spiro atoms. The summed E-state index contributed by atoms with van der Waals surface area (Å²) in [6.45, 7) is 5.41. The number of fused-ring (bicyclic) bond motifs is 1. The Labute approximate surface area is 238 Å². The maximum Gasteiger partial charge on any atom is 0.490 e. The van der Waals surface area contributed by atoms with Crippen LogP contribution in [-0.2, 0) is 22.7 Å². The van der Waals surface area contributed by atoms with Gasteiger partial charge in [-0.3, -0.25) is 9.58 Å². The van der Waals surface area contributed by atoms with E-state index >= 15 is 0 Å². The normalized spacial score (nSPS) is 18.3. The lowest BCUT2D eigenvalue weighted by Gasteiger charge is -2.32. The molecule has 2 aliphatic rings. The Morgan fingerprint density at radius 1 is 0.976 bits per heavy atom. The minimum Gasteiger partial charge on any atom is -0.475 e. The fourth-order valence-electron chi connectivity index (χ4n) is 4.28. The first kappa shape index (κ1) is 32.9. The molecule has 2 fully saturated rings. The predicted molar refractivity (Wildman–Crippen MR) is 136 cm³/mol. The molecule has 0 aromatic carbocycles. The van der Waals surface area contributed by atoms with Gasteiger partial charge in [-0.1, -0.05) is 5.21 Å². The second-order valence-corrected chi connectivity index (χ2v) is 10.4. The summed E-state index contributed by atoms with van der Waals surface area (Å²) < 4.78 is 66.7. The molecular weight excluding hydrogens is 600 g/mol. The van der Waals surface area contributed by atoms with E-state index in [1.807, 2.05) is 4.68 Å². The van der Waals surface area contributed by atoms with Crippen molar-refractivity contribution in [3.8, 4) is 0 Å². The van der Waals surface area contributed by atoms with Crippen molar-refractivity contribution < 1.29 is 51.3 Å². The largest absolute Gasteiger partial charge is 0.490 e. The molecule has 3 N–H and O–H groups in total. The molecule has 0 radical (unpaired) electrons. The SMILES string of the molecule is O=C(O)C(F)(F)F.O=C(O)C(F)(F)F.O[C@@H]1CCN(Cc2cn(CC3CCN(c4ncnc5ccsc45)CC3)nn2)C1. The zero-order chi connectivity index (χ0) is 31.1. The van der Waals surface area contributed by atoms with Crippen molar-refractivity contribution in [1.82, 2.24) is 29.9 Å². The number of thiophene rings is 1. The number of aliphatic carboxylic acids is 2. The van der Waals surface area contributed by atoms with Crippen molar-refractivity contribution in [2.24, 2.45) is 5.92 Å². The van der Waals surface area contributed by atoms with E-state index in [2.05, 4.69) is 47.7 Å². The Balaban J connectivity index is 0.000000289. The van der Waals surface area contributed by atoms with Gasteiger partial charge in [0, 0.05) is 45.5 Å². The summed E-state index contributed by atoms with van der Waals surface area (Å²) in [5.41, 5.74) is 2.03. The molecule has 2 saturated heterocycles. The number of carboxylic acid groups (broad SMARTS) is 2. The summed E-state index contributed by atoms with van der Waals surface area (Å²) in [7, 11) is 0. The summed E-state index contributed by atoms with van der Waals surface area (Å²) in [5, 5.41) is 34.6. The van der Waals surface area contributed by atoms with Gasteiger partial charge in [0.25, 0.3) is 0 Å². The van der Waals surface area contributed by atoms with E-state index in [1.165, 1.54) is 4.70 Å². The molecule has 232 valence electrons. The number of aromatic nitrogens is 5. The Hall–Kier alpha value is -3.58. The second kappa shape index (κ2) is 14.1. The highest BCUT2D eigenvalue weighted by Gasteiger charge is 2.39. The number of halogens is 6. The van der Waals surface area contributed by atoms with Crippen LogP contribution in [0, 0.1) is 5.92 Å². The van der Waals surface area contributed by atoms with Crippen LogP contribution in [0.3, 0.4) is 0 Å². The van der Waals surface area contributed by atoms with Crippen molar-refractivity contribution in [2.45, 2.75) is 50.8 Å². The number of alkyl halides is 6. The minimum atomic E-state index is -5.08. The lowest BCUT2D eigenvalue weighted by molar-refractivity contribution is -0.193. The molecule has 3 aromatic rings. The molecule has 0 saturated carbocycles. The van der Waals surface area contributed by atoms with E-state index in [0.717, 1.165) is 75.6 Å². The maximum absolute atomic E-state index is 10.6. The molecule has 19 heteroatoms. The van der Waals surface area contributed by atoms with Crippen molar-refractivity contribution in [1.29, 1.82) is 0 Å². The van der Waals surface area contributed by atoms with Gasteiger partial charge < -0.3 is 20.2 Å². The van der Waals surface area contributed by atoms with Gasteiger partial charge in [0.1, 0.15) is 12.1 Å². The number of rotatable bonds is 5. The van der Waals surface area contributed by atoms with Crippen LogP contribution in [0.15, 0.2) is 24.0 Å². The first-order valence-electron chi connectivity index (χ1n) is 12.5. The molecule has 2 aliphatic heterocycles. The van der Waals surface area contributed by atoms with E-state index in [0.29, 0.717) is 5.92 Å². The number of nitrogens with zero attached hydrogens (tertiary/aromatic N) is 7. The second-order valence-electron chi connectivity index (χ2n) is 9.48. The molecule has 12 nitrogen and oxygen atoms in total. The monoisotopic (exact) mass is 627 g/mol. The lowest BCUT2D eigenvalue weighted by Crippen LogP contribution is -2.35. The highest BCUT2D eigenvalue weighted by atomic mass is 32.1. The number of piperidine rings is 1. The van der Waals surface area contributed by atoms with Gasteiger partial charge in [-0.05, 0) is 36.6 Å². The van der Waals surface area contributed by atoms with Gasteiger partial charge in [0.2, 0.25) is 0 Å². The quantitative estimate of drug-likeness (QED) is 0.357. The predicted octanol–water partition coefficient (Wildman–Crippen LogP) is 3.03. The lowest BCUT2D eigenvalue weighted by atomic mass is 9.97. The van der Waals surface area contributed by atoms with Crippen LogP contribution >= 0.6 is 11.3 Å². The van der Waals surface area contributed by atoms with Crippen LogP contribution in [0.2, 0.25) is 0 Å². The van der Waals surface area contributed by atoms with Gasteiger partial charge in [-0.2, -0.15) is 26.3 Å². The molecule has 5 heterocycles. The number of likely N-dealkylation sites (tertiary alicyclic amines) is 1. The van der Waals surface area contributed by atoms with Gasteiger partial charge >= 0.3 is 24.3 Å². The van der Waals surface area contributed by atoms with E-state index in [-0.39, 0.29) is 6.10 Å². The molecule has 1 atom stereocenters. The Morgan fingerprint density at radius 3 is 2.14 bits per heavy atom. The Kier molecular flexibility index (Phi) is 11.0. The van der Waals surface area contributed by atoms with Gasteiger partial charge in [0.15, 0.2) is 0 Å². The third kappa shape index (κ3) is 9.76. The fourth-order valence-corrected chi connectivity index (χ4v) is 5.14. The molecule has 0 aliphatic carbocycles. The number of anilines is 1. The standard InChI is InChI=1S/C19H25N7OS.2C2HF3O2/c27-16-3-5-24(12-16)10-15-11-26(23-22-15)9-14-1-6-25(7-2-14)19-18-17(4-8-28-18)20-13-21-19;2*3-2(4,5)1(6)7/h4,8,11,13-14,16,27H,1-3,5-7,9-10,12H2;2*(H,6,7)/t16-;;/m1../s1. The third-order valence-corrected chi connectivity index (χ3v) is 7.19. The molecule has 42 heavy (non-hydrogen) atoms. The van der Waals surface area contributed by atoms with Gasteiger partial charge in [-0.25, -0.2) is 19.6 Å². The van der Waals surface area contributed by atoms with Gasteiger partial charge in [0.05, 0.1) is 22.0 Å². The number of hydrogen-bond acceptors (Lipinski definition) is 10. The van der Waals surface area contributed by atoms with Crippen molar-refractivity contribution >= 4 is 39.3 Å². The van der Waals surface area contributed by atoms with E-state index in [4.69, 9.17) is 19.8 Å².